The van der Waals surface area contributed by atoms with E-state index in [0.29, 0.717) is 6.54 Å². The molecule has 1 nitrogen and oxygen atoms in total. The number of hydrogen-bond acceptors (Lipinski definition) is 1. The predicted molar refractivity (Wildman–Crippen MR) is 57.0 cm³/mol. The fourth-order valence-electron chi connectivity index (χ4n) is 0.962. The fourth-order valence-corrected chi connectivity index (χ4v) is 1.59. The second kappa shape index (κ2) is 4.43. The zero-order chi connectivity index (χ0) is 8.97. The Balaban J connectivity index is 2.94. The van der Waals surface area contributed by atoms with E-state index < -0.39 is 0 Å². The summed E-state index contributed by atoms with van der Waals surface area (Å²) in [7, 11) is 0. The van der Waals surface area contributed by atoms with Gasteiger partial charge in [0, 0.05) is 11.0 Å². The first kappa shape index (κ1) is 9.49. The van der Waals surface area contributed by atoms with E-state index in [-0.39, 0.29) is 0 Å². The van der Waals surface area contributed by atoms with Gasteiger partial charge in [-0.05, 0) is 24.1 Å². The van der Waals surface area contributed by atoms with Crippen molar-refractivity contribution in [2.75, 3.05) is 6.54 Å². The topological polar surface area (TPSA) is 26.0 Å². The molecule has 0 aromatic heterocycles. The van der Waals surface area contributed by atoms with Crippen molar-refractivity contribution in [3.05, 3.63) is 39.9 Å². The minimum absolute atomic E-state index is 0.584. The van der Waals surface area contributed by atoms with E-state index in [0.717, 1.165) is 4.47 Å². The van der Waals surface area contributed by atoms with Crippen LogP contribution in [0.3, 0.4) is 0 Å². The van der Waals surface area contributed by atoms with Gasteiger partial charge in [0.15, 0.2) is 0 Å². The van der Waals surface area contributed by atoms with E-state index in [2.05, 4.69) is 41.1 Å². The molecular formula is C10H12BrN. The van der Waals surface area contributed by atoms with Crippen molar-refractivity contribution in [3.63, 3.8) is 0 Å². The highest BCUT2D eigenvalue weighted by Gasteiger charge is 1.94. The molecule has 0 spiro atoms. The monoisotopic (exact) mass is 225 g/mol. The zero-order valence-electron chi connectivity index (χ0n) is 7.05. The van der Waals surface area contributed by atoms with Gasteiger partial charge >= 0.3 is 0 Å². The summed E-state index contributed by atoms with van der Waals surface area (Å²) in [6.45, 7) is 2.65. The number of hydrogen-bond donors (Lipinski definition) is 1. The van der Waals surface area contributed by atoms with Gasteiger partial charge in [-0.15, -0.1) is 0 Å². The van der Waals surface area contributed by atoms with Gasteiger partial charge in [-0.25, -0.2) is 0 Å². The molecule has 12 heavy (non-hydrogen) atoms. The summed E-state index contributed by atoms with van der Waals surface area (Å²) < 4.78 is 1.12. The number of benzene rings is 1. The van der Waals surface area contributed by atoms with Crippen LogP contribution in [-0.2, 0) is 0 Å². The van der Waals surface area contributed by atoms with Crippen LogP contribution in [0.1, 0.15) is 11.1 Å². The lowest BCUT2D eigenvalue weighted by Gasteiger charge is -1.99. The first-order chi connectivity index (χ1) is 5.74. The van der Waals surface area contributed by atoms with Gasteiger partial charge in [0.25, 0.3) is 0 Å². The largest absolute Gasteiger partial charge is 0.327 e. The highest BCUT2D eigenvalue weighted by molar-refractivity contribution is 9.10. The molecule has 0 amide bonds. The van der Waals surface area contributed by atoms with E-state index in [1.165, 1.54) is 11.1 Å². The smallest absolute Gasteiger partial charge is 0.0250 e. The van der Waals surface area contributed by atoms with E-state index in [9.17, 15) is 0 Å². The normalized spacial score (nSPS) is 10.9. The Hall–Kier alpha value is -0.600. The molecule has 1 aromatic carbocycles. The number of nitrogens with two attached hydrogens (primary N) is 1. The molecule has 0 saturated carbocycles. The van der Waals surface area contributed by atoms with Crippen LogP contribution < -0.4 is 5.73 Å². The van der Waals surface area contributed by atoms with Gasteiger partial charge in [-0.2, -0.15) is 0 Å². The van der Waals surface area contributed by atoms with Crippen molar-refractivity contribution < 1.29 is 0 Å². The van der Waals surface area contributed by atoms with Crippen LogP contribution in [0.4, 0.5) is 0 Å². The lowest BCUT2D eigenvalue weighted by molar-refractivity contribution is 1.26. The Labute approximate surface area is 81.4 Å². The van der Waals surface area contributed by atoms with E-state index in [4.69, 9.17) is 5.73 Å². The van der Waals surface area contributed by atoms with Crippen LogP contribution in [-0.4, -0.2) is 6.54 Å². The lowest BCUT2D eigenvalue weighted by Crippen LogP contribution is -1.92. The Morgan fingerprint density at radius 1 is 1.50 bits per heavy atom. The fraction of sp³-hybridized carbons (Fsp3) is 0.200. The molecule has 2 heteroatoms. The summed E-state index contributed by atoms with van der Waals surface area (Å²) in [4.78, 5) is 0. The second-order valence-electron chi connectivity index (χ2n) is 2.66. The first-order valence-electron chi connectivity index (χ1n) is 3.87. The Morgan fingerprint density at radius 3 is 2.83 bits per heavy atom. The Kier molecular flexibility index (Phi) is 3.50. The van der Waals surface area contributed by atoms with Crippen molar-refractivity contribution in [2.24, 2.45) is 5.73 Å². The minimum Gasteiger partial charge on any atom is -0.327 e. The molecule has 1 aromatic rings. The Bertz CT molecular complexity index is 292. The highest BCUT2D eigenvalue weighted by atomic mass is 79.9. The van der Waals surface area contributed by atoms with Crippen LogP contribution >= 0.6 is 15.9 Å². The van der Waals surface area contributed by atoms with Gasteiger partial charge in [0.2, 0.25) is 0 Å². The van der Waals surface area contributed by atoms with Gasteiger partial charge in [0.05, 0.1) is 0 Å². The van der Waals surface area contributed by atoms with Crippen molar-refractivity contribution in [3.8, 4) is 0 Å². The number of aryl methyl sites for hydroxylation is 1. The van der Waals surface area contributed by atoms with Crippen molar-refractivity contribution in [2.45, 2.75) is 6.92 Å². The first-order valence-corrected chi connectivity index (χ1v) is 4.66. The molecule has 0 atom stereocenters. The van der Waals surface area contributed by atoms with Gasteiger partial charge < -0.3 is 5.73 Å². The average Bonchev–Trinajstić information content (AvgIpc) is 2.03. The molecule has 0 saturated heterocycles. The zero-order valence-corrected chi connectivity index (χ0v) is 8.64. The average molecular weight is 226 g/mol. The molecule has 0 aliphatic heterocycles. The van der Waals surface area contributed by atoms with E-state index >= 15 is 0 Å². The molecule has 2 N–H and O–H groups in total. The maximum absolute atomic E-state index is 5.35. The SMILES string of the molecule is Cc1ccc(C=CCN)c(Br)c1. The molecule has 0 heterocycles. The standard InChI is InChI=1S/C10H12BrN/c1-8-4-5-9(3-2-6-12)10(11)7-8/h2-5,7H,6,12H2,1H3. The Morgan fingerprint density at radius 2 is 2.25 bits per heavy atom. The molecular weight excluding hydrogens is 214 g/mol. The van der Waals surface area contributed by atoms with Crippen LogP contribution in [0, 0.1) is 6.92 Å². The summed E-state index contributed by atoms with van der Waals surface area (Å²) in [6, 6.07) is 6.25. The van der Waals surface area contributed by atoms with Crippen LogP contribution in [0.25, 0.3) is 6.08 Å². The second-order valence-corrected chi connectivity index (χ2v) is 3.52. The van der Waals surface area contributed by atoms with Crippen molar-refractivity contribution in [1.29, 1.82) is 0 Å². The molecule has 64 valence electrons. The maximum atomic E-state index is 5.35. The quantitative estimate of drug-likeness (QED) is 0.824. The molecule has 0 aliphatic carbocycles. The molecule has 0 unspecified atom stereocenters. The van der Waals surface area contributed by atoms with E-state index in [1.54, 1.807) is 0 Å². The third-order valence-corrected chi connectivity index (χ3v) is 2.28. The third-order valence-electron chi connectivity index (χ3n) is 1.59. The van der Waals surface area contributed by atoms with Crippen LogP contribution in [0.15, 0.2) is 28.7 Å². The third kappa shape index (κ3) is 2.47. The summed E-state index contributed by atoms with van der Waals surface area (Å²) >= 11 is 3.49. The molecule has 1 rings (SSSR count). The summed E-state index contributed by atoms with van der Waals surface area (Å²) in [5, 5.41) is 0. The molecule has 0 aliphatic rings. The van der Waals surface area contributed by atoms with Gasteiger partial charge in [-0.1, -0.05) is 40.2 Å². The number of rotatable bonds is 2. The summed E-state index contributed by atoms with van der Waals surface area (Å²) in [5.74, 6) is 0. The summed E-state index contributed by atoms with van der Waals surface area (Å²) in [6.07, 6.45) is 3.96. The van der Waals surface area contributed by atoms with Gasteiger partial charge in [-0.3, -0.25) is 0 Å². The number of halogens is 1. The van der Waals surface area contributed by atoms with Gasteiger partial charge in [0.1, 0.15) is 0 Å². The molecule has 0 bridgehead atoms. The van der Waals surface area contributed by atoms with Crippen molar-refractivity contribution >= 4 is 22.0 Å². The molecule has 0 radical (unpaired) electrons. The lowest BCUT2D eigenvalue weighted by atomic mass is 10.1. The van der Waals surface area contributed by atoms with Crippen molar-refractivity contribution in [1.82, 2.24) is 0 Å². The summed E-state index contributed by atoms with van der Waals surface area (Å²) in [5.41, 5.74) is 7.78. The predicted octanol–water partition coefficient (Wildman–Crippen LogP) is 2.73. The van der Waals surface area contributed by atoms with E-state index in [1.807, 2.05) is 12.2 Å². The minimum atomic E-state index is 0.584. The van der Waals surface area contributed by atoms with Crippen LogP contribution in [0.2, 0.25) is 0 Å². The van der Waals surface area contributed by atoms with Crippen LogP contribution in [0.5, 0.6) is 0 Å². The molecule has 0 fully saturated rings. The highest BCUT2D eigenvalue weighted by Crippen LogP contribution is 2.19. The maximum Gasteiger partial charge on any atom is 0.0250 e.